The van der Waals surface area contributed by atoms with Crippen LogP contribution in [0.5, 0.6) is 0 Å². The fourth-order valence-corrected chi connectivity index (χ4v) is 7.97. The van der Waals surface area contributed by atoms with Gasteiger partial charge in [-0.25, -0.2) is 8.42 Å². The first-order valence-corrected chi connectivity index (χ1v) is 15.7. The van der Waals surface area contributed by atoms with Gasteiger partial charge in [-0.15, -0.1) is 11.3 Å². The van der Waals surface area contributed by atoms with Crippen LogP contribution >= 0.6 is 11.3 Å². The van der Waals surface area contributed by atoms with Crippen molar-refractivity contribution in [1.29, 1.82) is 0 Å². The molecule has 0 radical (unpaired) electrons. The van der Waals surface area contributed by atoms with E-state index in [1.54, 1.807) is 30.4 Å². The van der Waals surface area contributed by atoms with Crippen molar-refractivity contribution < 1.29 is 18.3 Å². The number of nitrogens with zero attached hydrogens (tertiary/aromatic N) is 1. The van der Waals surface area contributed by atoms with Gasteiger partial charge in [0.15, 0.2) is 9.84 Å². The number of fused-ring (bicyclic) bond motifs is 1. The van der Waals surface area contributed by atoms with E-state index < -0.39 is 15.9 Å². The third-order valence-corrected chi connectivity index (χ3v) is 10.9. The first kappa shape index (κ1) is 27.3. The Kier molecular flexibility index (Phi) is 8.60. The summed E-state index contributed by atoms with van der Waals surface area (Å²) in [6.45, 7) is 10.3. The highest BCUT2D eigenvalue weighted by atomic mass is 32.2. The first-order chi connectivity index (χ1) is 17.1. The van der Waals surface area contributed by atoms with Gasteiger partial charge in [-0.2, -0.15) is 0 Å². The standard InChI is InChI=1S/C28H40N2O4S2/c1-5-36(33,34)23-12-10-21(11-13-23)24(17-31)29-28(32)25-14-22-16-30(26(18(2)3)27(22)35-25)15-20-8-6-19(4)7-9-20/h10-14,18-20,24,26,31H,5-9,15-17H2,1-4H3,(H,29,32)/t19?,20?,24-,26-/m0/s1. The fraction of sp³-hybridized carbons (Fsp3) is 0.607. The van der Waals surface area contributed by atoms with Crippen LogP contribution in [0.4, 0.5) is 0 Å². The molecule has 2 N–H and O–H groups in total. The second-order valence-electron chi connectivity index (χ2n) is 10.9. The number of hydrogen-bond acceptors (Lipinski definition) is 6. The van der Waals surface area contributed by atoms with Gasteiger partial charge >= 0.3 is 0 Å². The molecule has 0 unspecified atom stereocenters. The van der Waals surface area contributed by atoms with E-state index in [1.165, 1.54) is 48.3 Å². The maximum absolute atomic E-state index is 13.1. The maximum atomic E-state index is 13.1. The van der Waals surface area contributed by atoms with Crippen molar-refractivity contribution in [3.63, 3.8) is 0 Å². The Morgan fingerprint density at radius 2 is 1.83 bits per heavy atom. The molecule has 8 heteroatoms. The monoisotopic (exact) mass is 532 g/mol. The van der Waals surface area contributed by atoms with Crippen molar-refractivity contribution in [3.8, 4) is 0 Å². The van der Waals surface area contributed by atoms with Gasteiger partial charge in [-0.3, -0.25) is 9.69 Å². The lowest BCUT2D eigenvalue weighted by molar-refractivity contribution is 0.0919. The average Bonchev–Trinajstić information content (AvgIpc) is 3.41. The summed E-state index contributed by atoms with van der Waals surface area (Å²) in [6.07, 6.45) is 5.30. The summed E-state index contributed by atoms with van der Waals surface area (Å²) in [4.78, 5) is 18.0. The highest BCUT2D eigenvalue weighted by Crippen LogP contribution is 2.45. The van der Waals surface area contributed by atoms with Gasteiger partial charge in [0.2, 0.25) is 0 Å². The largest absolute Gasteiger partial charge is 0.394 e. The van der Waals surface area contributed by atoms with Crippen LogP contribution in [0, 0.1) is 17.8 Å². The fourth-order valence-electron chi connectivity index (χ4n) is 5.70. The number of hydrogen-bond donors (Lipinski definition) is 2. The first-order valence-electron chi connectivity index (χ1n) is 13.2. The van der Waals surface area contributed by atoms with Crippen molar-refractivity contribution in [2.75, 3.05) is 18.9 Å². The lowest BCUT2D eigenvalue weighted by atomic mass is 9.82. The molecule has 2 aliphatic rings. The molecular formula is C28H40N2O4S2. The van der Waals surface area contributed by atoms with E-state index in [2.05, 4.69) is 31.0 Å². The van der Waals surface area contributed by atoms with E-state index >= 15 is 0 Å². The van der Waals surface area contributed by atoms with E-state index in [1.807, 2.05) is 6.07 Å². The lowest BCUT2D eigenvalue weighted by Gasteiger charge is -2.34. The van der Waals surface area contributed by atoms with Gasteiger partial charge < -0.3 is 10.4 Å². The number of aliphatic hydroxyl groups is 1. The van der Waals surface area contributed by atoms with Crippen molar-refractivity contribution in [3.05, 3.63) is 51.2 Å². The number of aliphatic hydroxyl groups excluding tert-OH is 1. The van der Waals surface area contributed by atoms with E-state index in [-0.39, 0.29) is 23.2 Å². The number of nitrogens with one attached hydrogen (secondary N) is 1. The van der Waals surface area contributed by atoms with Gasteiger partial charge in [0.25, 0.3) is 5.91 Å². The van der Waals surface area contributed by atoms with Crippen LogP contribution in [-0.4, -0.2) is 43.2 Å². The predicted molar refractivity (Wildman–Crippen MR) is 145 cm³/mol. The Bertz CT molecular complexity index is 1150. The van der Waals surface area contributed by atoms with Crippen molar-refractivity contribution in [2.24, 2.45) is 17.8 Å². The summed E-state index contributed by atoms with van der Waals surface area (Å²) < 4.78 is 24.2. The quantitative estimate of drug-likeness (QED) is 0.455. The number of rotatable bonds is 9. The minimum absolute atomic E-state index is 0.0320. The third kappa shape index (κ3) is 5.87. The minimum atomic E-state index is -3.29. The lowest BCUT2D eigenvalue weighted by Crippen LogP contribution is -2.32. The zero-order valence-electron chi connectivity index (χ0n) is 21.9. The van der Waals surface area contributed by atoms with Crippen LogP contribution in [0.3, 0.4) is 0 Å². The maximum Gasteiger partial charge on any atom is 0.261 e. The Morgan fingerprint density at radius 1 is 1.17 bits per heavy atom. The zero-order chi connectivity index (χ0) is 26.0. The van der Waals surface area contributed by atoms with Crippen molar-refractivity contribution >= 4 is 27.1 Å². The van der Waals surface area contributed by atoms with Gasteiger partial charge in [-0.05, 0) is 59.9 Å². The van der Waals surface area contributed by atoms with Crippen LogP contribution in [0.15, 0.2) is 35.2 Å². The summed E-state index contributed by atoms with van der Waals surface area (Å²) in [5.41, 5.74) is 1.93. The summed E-state index contributed by atoms with van der Waals surface area (Å²) in [5.74, 6) is 1.92. The van der Waals surface area contributed by atoms with Gasteiger partial charge in [0.1, 0.15) is 0 Å². The van der Waals surface area contributed by atoms with Gasteiger partial charge in [0, 0.05) is 24.0 Å². The van der Waals surface area contributed by atoms with Crippen LogP contribution in [0.25, 0.3) is 0 Å². The van der Waals surface area contributed by atoms with E-state index in [0.717, 1.165) is 24.9 Å². The summed E-state index contributed by atoms with van der Waals surface area (Å²) >= 11 is 1.57. The number of carbonyl (C=O) groups is 1. The van der Waals surface area contributed by atoms with Crippen LogP contribution in [0.2, 0.25) is 0 Å². The SMILES string of the molecule is CCS(=O)(=O)c1ccc([C@H](CO)NC(=O)c2cc3c(s2)[C@H](C(C)C)N(CC2CCC(C)CC2)C3)cc1. The second-order valence-corrected chi connectivity index (χ2v) is 14.3. The van der Waals surface area contributed by atoms with Crippen LogP contribution in [0.1, 0.15) is 91.1 Å². The molecular weight excluding hydrogens is 492 g/mol. The molecule has 1 aliphatic carbocycles. The number of sulfone groups is 1. The smallest absolute Gasteiger partial charge is 0.261 e. The number of benzene rings is 1. The Balaban J connectivity index is 1.44. The normalized spacial score (nSPS) is 23.6. The molecule has 1 aromatic carbocycles. The topological polar surface area (TPSA) is 86.7 Å². The van der Waals surface area contributed by atoms with Gasteiger partial charge in [0.05, 0.1) is 28.2 Å². The Labute approximate surface area is 220 Å². The summed E-state index contributed by atoms with van der Waals surface area (Å²) in [6, 6.07) is 8.17. The second kappa shape index (κ2) is 11.3. The molecule has 198 valence electrons. The molecule has 1 saturated carbocycles. The highest BCUT2D eigenvalue weighted by molar-refractivity contribution is 7.91. The molecule has 2 atom stereocenters. The zero-order valence-corrected chi connectivity index (χ0v) is 23.5. The minimum Gasteiger partial charge on any atom is -0.394 e. The average molecular weight is 533 g/mol. The van der Waals surface area contributed by atoms with E-state index in [4.69, 9.17) is 0 Å². The summed E-state index contributed by atoms with van der Waals surface area (Å²) in [5, 5.41) is 12.9. The summed E-state index contributed by atoms with van der Waals surface area (Å²) in [7, 11) is -3.29. The van der Waals surface area contributed by atoms with Crippen LogP contribution in [-0.2, 0) is 16.4 Å². The van der Waals surface area contributed by atoms with Crippen LogP contribution < -0.4 is 5.32 Å². The number of thiophene rings is 1. The predicted octanol–water partition coefficient (Wildman–Crippen LogP) is 5.34. The molecule has 1 amide bonds. The number of carbonyl (C=O) groups excluding carboxylic acids is 1. The third-order valence-electron chi connectivity index (χ3n) is 7.87. The van der Waals surface area contributed by atoms with E-state index in [0.29, 0.717) is 22.4 Å². The molecule has 2 heterocycles. The molecule has 36 heavy (non-hydrogen) atoms. The highest BCUT2D eigenvalue weighted by Gasteiger charge is 2.37. The molecule has 2 aromatic rings. The molecule has 0 bridgehead atoms. The van der Waals surface area contributed by atoms with Gasteiger partial charge in [-0.1, -0.05) is 52.7 Å². The molecule has 4 rings (SSSR count). The Hall–Kier alpha value is -1.74. The van der Waals surface area contributed by atoms with E-state index in [9.17, 15) is 18.3 Å². The molecule has 1 fully saturated rings. The molecule has 0 saturated heterocycles. The molecule has 0 spiro atoms. The molecule has 1 aliphatic heterocycles. The van der Waals surface area contributed by atoms with Crippen molar-refractivity contribution in [2.45, 2.75) is 76.9 Å². The number of amides is 1. The Morgan fingerprint density at radius 3 is 2.42 bits per heavy atom. The molecule has 1 aromatic heterocycles. The molecule has 6 nitrogen and oxygen atoms in total. The van der Waals surface area contributed by atoms with Crippen molar-refractivity contribution in [1.82, 2.24) is 10.2 Å².